The van der Waals surface area contributed by atoms with Crippen molar-refractivity contribution in [1.29, 1.82) is 0 Å². The van der Waals surface area contributed by atoms with Crippen molar-refractivity contribution in [3.8, 4) is 0 Å². The fraction of sp³-hybridized carbons (Fsp3) is 0.381. The van der Waals surface area contributed by atoms with Gasteiger partial charge in [0, 0.05) is 28.1 Å². The molecule has 1 amide bonds. The fourth-order valence-electron chi connectivity index (χ4n) is 3.27. The lowest BCUT2D eigenvalue weighted by Crippen LogP contribution is -2.47. The maximum Gasteiger partial charge on any atom is 0.446 e. The fourth-order valence-corrected chi connectivity index (χ4v) is 5.95. The first-order valence-electron chi connectivity index (χ1n) is 9.99. The van der Waals surface area contributed by atoms with Crippen molar-refractivity contribution in [1.82, 2.24) is 10.5 Å². The molecule has 2 atom stereocenters. The molecular formula is C21H23F3N2O4S3. The molecule has 0 saturated carbocycles. The summed E-state index contributed by atoms with van der Waals surface area (Å²) < 4.78 is 54.4. The monoisotopic (exact) mass is 520 g/mol. The van der Waals surface area contributed by atoms with Gasteiger partial charge >= 0.3 is 5.51 Å². The third kappa shape index (κ3) is 6.96. The lowest BCUT2D eigenvalue weighted by Gasteiger charge is -2.33. The minimum Gasteiger partial charge on any atom is -0.289 e. The average Bonchev–Trinajstić information content (AvgIpc) is 2.80. The molecule has 1 aliphatic rings. The molecule has 2 aromatic rings. The molecule has 1 aliphatic heterocycles. The van der Waals surface area contributed by atoms with E-state index in [1.165, 1.54) is 19.1 Å². The van der Waals surface area contributed by atoms with Gasteiger partial charge < -0.3 is 0 Å². The number of rotatable bonds is 8. The minimum atomic E-state index is -4.31. The van der Waals surface area contributed by atoms with Crippen LogP contribution >= 0.6 is 23.5 Å². The van der Waals surface area contributed by atoms with Crippen LogP contribution in [0.15, 0.2) is 64.4 Å². The topological polar surface area (TPSA) is 78.9 Å². The molecule has 0 bridgehead atoms. The first-order chi connectivity index (χ1) is 15.6. The second-order valence-electron chi connectivity index (χ2n) is 7.41. The molecule has 3 rings (SSSR count). The van der Waals surface area contributed by atoms with Crippen LogP contribution < -0.4 is 5.48 Å². The van der Waals surface area contributed by atoms with E-state index in [2.05, 4.69) is 0 Å². The molecule has 180 valence electrons. The molecule has 1 fully saturated rings. The number of nitrogens with zero attached hydrogens (tertiary/aromatic N) is 1. The van der Waals surface area contributed by atoms with Crippen molar-refractivity contribution in [3.63, 3.8) is 0 Å². The van der Waals surface area contributed by atoms with Crippen LogP contribution in [0.25, 0.3) is 0 Å². The van der Waals surface area contributed by atoms with Gasteiger partial charge in [-0.15, -0.1) is 11.8 Å². The Kier molecular flexibility index (Phi) is 8.87. The number of piperidine rings is 1. The predicted molar refractivity (Wildman–Crippen MR) is 122 cm³/mol. The van der Waals surface area contributed by atoms with Gasteiger partial charge in [-0.2, -0.15) is 22.5 Å². The summed E-state index contributed by atoms with van der Waals surface area (Å²) >= 11 is -0.672. The SMILES string of the molecule is CC(C(=O)NO)(c1ccccc1)S(=O)ON1CCC(Sc2ccc(SC(F)(F)F)cc2)CC1. The zero-order valence-corrected chi connectivity index (χ0v) is 20.0. The van der Waals surface area contributed by atoms with Gasteiger partial charge in [0.2, 0.25) is 0 Å². The van der Waals surface area contributed by atoms with Gasteiger partial charge in [-0.3, -0.25) is 10.0 Å². The van der Waals surface area contributed by atoms with E-state index in [0.29, 0.717) is 31.5 Å². The van der Waals surface area contributed by atoms with E-state index in [1.54, 1.807) is 64.8 Å². The molecule has 0 radical (unpaired) electrons. The standard InChI is InChI=1S/C21H23F3N2O4S3/c1-20(19(27)25-28,15-5-3-2-4-6-15)33(29)30-26-13-11-17(12-14-26)31-16-7-9-18(10-8-16)32-21(22,23)24/h2-10,17,28H,11-14H2,1H3,(H,25,27). The highest BCUT2D eigenvalue weighted by atomic mass is 32.2. The number of alkyl halides is 3. The summed E-state index contributed by atoms with van der Waals surface area (Å²) in [5, 5.41) is 10.9. The number of amides is 1. The first-order valence-corrected chi connectivity index (χ1v) is 12.8. The number of hydroxylamine groups is 3. The number of benzene rings is 2. The van der Waals surface area contributed by atoms with Gasteiger partial charge in [-0.1, -0.05) is 30.3 Å². The summed E-state index contributed by atoms with van der Waals surface area (Å²) in [6.45, 7) is 2.38. The van der Waals surface area contributed by atoms with Gasteiger partial charge in [-0.05, 0) is 61.4 Å². The molecule has 0 aliphatic carbocycles. The molecule has 1 heterocycles. The van der Waals surface area contributed by atoms with Crippen molar-refractivity contribution in [2.45, 2.75) is 45.1 Å². The summed E-state index contributed by atoms with van der Waals surface area (Å²) in [4.78, 5) is 13.4. The van der Waals surface area contributed by atoms with E-state index in [0.717, 1.165) is 4.90 Å². The Morgan fingerprint density at radius 3 is 2.21 bits per heavy atom. The van der Waals surface area contributed by atoms with Crippen molar-refractivity contribution in [2.24, 2.45) is 0 Å². The van der Waals surface area contributed by atoms with Crippen molar-refractivity contribution >= 4 is 40.5 Å². The Morgan fingerprint density at radius 2 is 1.67 bits per heavy atom. The molecule has 1 saturated heterocycles. The van der Waals surface area contributed by atoms with Gasteiger partial charge in [0.1, 0.15) is 0 Å². The van der Waals surface area contributed by atoms with Gasteiger partial charge in [0.15, 0.2) is 15.8 Å². The second-order valence-corrected chi connectivity index (χ2v) is 11.4. The Hall–Kier alpha value is -1.57. The second kappa shape index (κ2) is 11.2. The van der Waals surface area contributed by atoms with E-state index in [4.69, 9.17) is 4.28 Å². The number of hydrogen-bond acceptors (Lipinski definition) is 7. The number of thioether (sulfide) groups is 2. The third-order valence-electron chi connectivity index (χ3n) is 5.13. The highest BCUT2D eigenvalue weighted by Gasteiger charge is 2.44. The average molecular weight is 521 g/mol. The molecule has 33 heavy (non-hydrogen) atoms. The molecule has 0 aromatic heterocycles. The van der Waals surface area contributed by atoms with Crippen LogP contribution in [-0.2, 0) is 24.9 Å². The molecular weight excluding hydrogens is 497 g/mol. The van der Waals surface area contributed by atoms with Crippen LogP contribution in [0.5, 0.6) is 0 Å². The number of hydrogen-bond donors (Lipinski definition) is 2. The van der Waals surface area contributed by atoms with Gasteiger partial charge in [0.05, 0.1) is 0 Å². The third-order valence-corrected chi connectivity index (χ3v) is 8.65. The summed E-state index contributed by atoms with van der Waals surface area (Å²) in [7, 11) is 0. The first kappa shape index (κ1) is 26.0. The summed E-state index contributed by atoms with van der Waals surface area (Å²) in [6.07, 6.45) is 1.41. The molecule has 0 spiro atoms. The van der Waals surface area contributed by atoms with Crippen LogP contribution in [0.3, 0.4) is 0 Å². The lowest BCUT2D eigenvalue weighted by atomic mass is 10.00. The summed E-state index contributed by atoms with van der Waals surface area (Å²) in [6, 6.07) is 14.7. The van der Waals surface area contributed by atoms with Crippen LogP contribution in [0.2, 0.25) is 0 Å². The molecule has 2 aromatic carbocycles. The van der Waals surface area contributed by atoms with Crippen molar-refractivity contribution in [2.75, 3.05) is 13.1 Å². The van der Waals surface area contributed by atoms with Crippen LogP contribution in [0.4, 0.5) is 13.2 Å². The normalized spacial score (nSPS) is 18.5. The zero-order valence-electron chi connectivity index (χ0n) is 17.6. The Morgan fingerprint density at radius 1 is 1.09 bits per heavy atom. The van der Waals surface area contributed by atoms with Crippen LogP contribution in [-0.4, -0.2) is 44.2 Å². The Balaban J connectivity index is 1.55. The minimum absolute atomic E-state index is 0.140. The summed E-state index contributed by atoms with van der Waals surface area (Å²) in [5.74, 6) is -0.843. The number of nitrogens with one attached hydrogen (secondary N) is 1. The highest BCUT2D eigenvalue weighted by molar-refractivity contribution is 8.00. The van der Waals surface area contributed by atoms with Gasteiger partial charge in [-0.25, -0.2) is 9.69 Å². The number of halogens is 3. The van der Waals surface area contributed by atoms with E-state index < -0.39 is 27.2 Å². The largest absolute Gasteiger partial charge is 0.446 e. The number of carbonyl (C=O) groups excluding carboxylic acids is 1. The maximum atomic E-state index is 13.0. The zero-order chi connectivity index (χ0) is 24.1. The lowest BCUT2D eigenvalue weighted by molar-refractivity contribution is -0.132. The van der Waals surface area contributed by atoms with Crippen LogP contribution in [0.1, 0.15) is 25.3 Å². The highest BCUT2D eigenvalue weighted by Crippen LogP contribution is 2.38. The molecule has 2 unspecified atom stereocenters. The van der Waals surface area contributed by atoms with E-state index in [9.17, 15) is 27.4 Å². The summed E-state index contributed by atoms with van der Waals surface area (Å²) in [5.41, 5.74) is -2.30. The van der Waals surface area contributed by atoms with E-state index in [-0.39, 0.29) is 21.9 Å². The Labute approximate surface area is 200 Å². The van der Waals surface area contributed by atoms with Crippen LogP contribution in [0, 0.1) is 0 Å². The molecule has 6 nitrogen and oxygen atoms in total. The van der Waals surface area contributed by atoms with E-state index >= 15 is 0 Å². The van der Waals surface area contributed by atoms with E-state index in [1.807, 2.05) is 0 Å². The number of carbonyl (C=O) groups is 1. The molecule has 12 heteroatoms. The predicted octanol–water partition coefficient (Wildman–Crippen LogP) is 4.87. The Bertz CT molecular complexity index is 955. The smallest absolute Gasteiger partial charge is 0.289 e. The van der Waals surface area contributed by atoms with Crippen molar-refractivity contribution < 1.29 is 31.7 Å². The molecule has 2 N–H and O–H groups in total. The van der Waals surface area contributed by atoms with Gasteiger partial charge in [0.25, 0.3) is 5.91 Å². The maximum absolute atomic E-state index is 13.0. The quantitative estimate of drug-likeness (QED) is 0.292. The van der Waals surface area contributed by atoms with Crippen molar-refractivity contribution in [3.05, 3.63) is 60.2 Å².